The van der Waals surface area contributed by atoms with E-state index in [0.29, 0.717) is 5.76 Å². The van der Waals surface area contributed by atoms with Crippen LogP contribution in [0.4, 0.5) is 0 Å². The Bertz CT molecular complexity index is 485. The van der Waals surface area contributed by atoms with Crippen molar-refractivity contribution in [1.82, 2.24) is 0 Å². The minimum absolute atomic E-state index is 0.00684. The molecule has 0 aliphatic heterocycles. The smallest absolute Gasteiger partial charge is 0.350 e. The molecule has 1 aromatic heterocycles. The molecule has 4 heteroatoms. The van der Waals surface area contributed by atoms with Gasteiger partial charge in [0, 0.05) is 12.0 Å². The van der Waals surface area contributed by atoms with Gasteiger partial charge >= 0.3 is 5.63 Å². The molecule has 4 nitrogen and oxygen atoms in total. The highest BCUT2D eigenvalue weighted by Crippen LogP contribution is 2.24. The molecule has 0 aliphatic rings. The number of carbonyl (C=O) groups is 1. The van der Waals surface area contributed by atoms with Gasteiger partial charge in [-0.15, -0.1) is 6.58 Å². The molecule has 0 saturated heterocycles. The average Bonchev–Trinajstić information content (AvgIpc) is 2.24. The Hall–Kier alpha value is -1.84. The zero-order valence-corrected chi connectivity index (χ0v) is 10.0. The molecule has 1 N–H and O–H groups in total. The van der Waals surface area contributed by atoms with E-state index in [1.165, 1.54) is 13.0 Å². The summed E-state index contributed by atoms with van der Waals surface area (Å²) in [7, 11) is 0. The van der Waals surface area contributed by atoms with E-state index in [2.05, 4.69) is 6.58 Å². The minimum atomic E-state index is -0.780. The highest BCUT2D eigenvalue weighted by atomic mass is 16.4. The number of hydrogen-bond acceptors (Lipinski definition) is 4. The molecule has 1 aromatic rings. The lowest BCUT2D eigenvalue weighted by molar-refractivity contribution is 0.101. The molecule has 1 atom stereocenters. The summed E-state index contributed by atoms with van der Waals surface area (Å²) in [5, 5.41) is 9.62. The molecule has 0 fully saturated rings. The van der Waals surface area contributed by atoms with Crippen molar-refractivity contribution in [2.24, 2.45) is 0 Å². The Morgan fingerprint density at radius 1 is 1.65 bits per heavy atom. The van der Waals surface area contributed by atoms with Crippen molar-refractivity contribution < 1.29 is 14.3 Å². The molecule has 0 saturated carbocycles. The van der Waals surface area contributed by atoms with Crippen molar-refractivity contribution in [2.75, 3.05) is 0 Å². The number of rotatable bonds is 5. The second-order valence-electron chi connectivity index (χ2n) is 4.02. The van der Waals surface area contributed by atoms with Crippen LogP contribution in [0.15, 0.2) is 27.9 Å². The van der Waals surface area contributed by atoms with Gasteiger partial charge in [0.1, 0.15) is 17.1 Å². The summed E-state index contributed by atoms with van der Waals surface area (Å²) >= 11 is 0. The van der Waals surface area contributed by atoms with Crippen LogP contribution in [0.2, 0.25) is 0 Å². The fraction of sp³-hybridized carbons (Fsp3) is 0.385. The standard InChI is InChI=1S/C13H16O4/c1-4-5-6-8(2)11-7-10(15)12(9(3)14)13(16)17-11/h4,7-8,15H,1,5-6H2,2-3H3. The fourth-order valence-corrected chi connectivity index (χ4v) is 1.58. The first kappa shape index (κ1) is 13.2. The van der Waals surface area contributed by atoms with Crippen molar-refractivity contribution in [3.05, 3.63) is 40.5 Å². The number of ketones is 1. The van der Waals surface area contributed by atoms with Gasteiger partial charge in [0.25, 0.3) is 0 Å². The summed E-state index contributed by atoms with van der Waals surface area (Å²) in [5.74, 6) is -0.428. The van der Waals surface area contributed by atoms with Crippen LogP contribution in [-0.2, 0) is 0 Å². The summed E-state index contributed by atoms with van der Waals surface area (Å²) in [6.45, 7) is 6.71. The van der Waals surface area contributed by atoms with Gasteiger partial charge in [-0.25, -0.2) is 4.79 Å². The van der Waals surface area contributed by atoms with E-state index >= 15 is 0 Å². The average molecular weight is 236 g/mol. The topological polar surface area (TPSA) is 67.5 Å². The van der Waals surface area contributed by atoms with Gasteiger partial charge in [-0.2, -0.15) is 0 Å². The van der Waals surface area contributed by atoms with E-state index in [1.54, 1.807) is 6.08 Å². The molecule has 0 radical (unpaired) electrons. The third-order valence-electron chi connectivity index (χ3n) is 2.59. The lowest BCUT2D eigenvalue weighted by Gasteiger charge is -2.09. The maximum Gasteiger partial charge on any atom is 0.350 e. The van der Waals surface area contributed by atoms with E-state index in [4.69, 9.17) is 4.42 Å². The molecule has 0 aliphatic carbocycles. The summed E-state index contributed by atoms with van der Waals surface area (Å²) in [5.41, 5.74) is -1.07. The number of carbonyl (C=O) groups excluding carboxylic acids is 1. The zero-order chi connectivity index (χ0) is 13.0. The summed E-state index contributed by atoms with van der Waals surface area (Å²) in [4.78, 5) is 22.6. The Morgan fingerprint density at radius 2 is 2.29 bits per heavy atom. The lowest BCUT2D eigenvalue weighted by atomic mass is 10.0. The first-order valence-electron chi connectivity index (χ1n) is 5.46. The molecule has 0 amide bonds. The van der Waals surface area contributed by atoms with E-state index in [9.17, 15) is 14.7 Å². The highest BCUT2D eigenvalue weighted by molar-refractivity contribution is 5.96. The van der Waals surface area contributed by atoms with Crippen molar-refractivity contribution in [2.45, 2.75) is 32.6 Å². The summed E-state index contributed by atoms with van der Waals surface area (Å²) < 4.78 is 5.04. The van der Waals surface area contributed by atoms with Crippen LogP contribution in [0.3, 0.4) is 0 Å². The number of aromatic hydroxyl groups is 1. The van der Waals surface area contributed by atoms with Crippen LogP contribution in [0.25, 0.3) is 0 Å². The quantitative estimate of drug-likeness (QED) is 0.630. The van der Waals surface area contributed by atoms with Gasteiger partial charge in [0.2, 0.25) is 0 Å². The SMILES string of the molecule is C=CCCC(C)c1cc(O)c(C(C)=O)c(=O)o1. The number of Topliss-reactive ketones (excluding diaryl/α,β-unsaturated/α-hetero) is 1. The second-order valence-corrected chi connectivity index (χ2v) is 4.02. The Morgan fingerprint density at radius 3 is 2.76 bits per heavy atom. The Balaban J connectivity index is 3.10. The molecule has 0 spiro atoms. The van der Waals surface area contributed by atoms with Crippen LogP contribution < -0.4 is 5.63 Å². The van der Waals surface area contributed by atoms with Crippen molar-refractivity contribution in [1.29, 1.82) is 0 Å². The van der Waals surface area contributed by atoms with Crippen LogP contribution in [0.1, 0.15) is 48.7 Å². The maximum absolute atomic E-state index is 11.5. The molecule has 1 rings (SSSR count). The predicted octanol–water partition coefficient (Wildman–Crippen LogP) is 2.62. The molecule has 1 heterocycles. The number of hydrogen-bond donors (Lipinski definition) is 1. The first-order valence-corrected chi connectivity index (χ1v) is 5.46. The van der Waals surface area contributed by atoms with Crippen molar-refractivity contribution in [3.63, 3.8) is 0 Å². The van der Waals surface area contributed by atoms with Crippen LogP contribution in [0, 0.1) is 0 Å². The Kier molecular flexibility index (Phi) is 4.26. The van der Waals surface area contributed by atoms with Crippen LogP contribution in [0.5, 0.6) is 5.75 Å². The molecular weight excluding hydrogens is 220 g/mol. The van der Waals surface area contributed by atoms with Gasteiger partial charge in [-0.1, -0.05) is 13.0 Å². The van der Waals surface area contributed by atoms with Gasteiger partial charge in [-0.3, -0.25) is 4.79 Å². The van der Waals surface area contributed by atoms with Crippen molar-refractivity contribution in [3.8, 4) is 5.75 Å². The Labute approximate surface area is 99.6 Å². The minimum Gasteiger partial charge on any atom is -0.507 e. The molecule has 0 aromatic carbocycles. The third-order valence-corrected chi connectivity index (χ3v) is 2.59. The summed E-state index contributed by atoms with van der Waals surface area (Å²) in [6.07, 6.45) is 3.34. The van der Waals surface area contributed by atoms with Gasteiger partial charge in [0.15, 0.2) is 5.78 Å². The fourth-order valence-electron chi connectivity index (χ4n) is 1.58. The predicted molar refractivity (Wildman–Crippen MR) is 64.5 cm³/mol. The van der Waals surface area contributed by atoms with Gasteiger partial charge in [-0.05, 0) is 19.8 Å². The van der Waals surface area contributed by atoms with E-state index in [0.717, 1.165) is 12.8 Å². The monoisotopic (exact) mass is 236 g/mol. The van der Waals surface area contributed by atoms with Gasteiger partial charge < -0.3 is 9.52 Å². The molecule has 17 heavy (non-hydrogen) atoms. The molecule has 0 bridgehead atoms. The highest BCUT2D eigenvalue weighted by Gasteiger charge is 2.17. The number of allylic oxidation sites excluding steroid dienone is 1. The lowest BCUT2D eigenvalue weighted by Crippen LogP contribution is -2.13. The molecule has 92 valence electrons. The second kappa shape index (κ2) is 5.48. The van der Waals surface area contributed by atoms with Gasteiger partial charge in [0.05, 0.1) is 0 Å². The largest absolute Gasteiger partial charge is 0.507 e. The van der Waals surface area contributed by atoms with Crippen LogP contribution >= 0.6 is 0 Å². The zero-order valence-electron chi connectivity index (χ0n) is 10.0. The first-order chi connectivity index (χ1) is 7.97. The summed E-state index contributed by atoms with van der Waals surface area (Å²) in [6, 6.07) is 1.34. The molecular formula is C13H16O4. The van der Waals surface area contributed by atoms with E-state index in [-0.39, 0.29) is 17.2 Å². The van der Waals surface area contributed by atoms with Crippen LogP contribution in [-0.4, -0.2) is 10.9 Å². The van der Waals surface area contributed by atoms with Crippen molar-refractivity contribution >= 4 is 5.78 Å². The third kappa shape index (κ3) is 3.06. The maximum atomic E-state index is 11.5. The van der Waals surface area contributed by atoms with E-state index < -0.39 is 11.4 Å². The van der Waals surface area contributed by atoms with E-state index in [1.807, 2.05) is 6.92 Å². The molecule has 1 unspecified atom stereocenters. The normalized spacial score (nSPS) is 12.1.